The van der Waals surface area contributed by atoms with Crippen LogP contribution in [-0.4, -0.2) is 11.6 Å². The lowest BCUT2D eigenvalue weighted by Crippen LogP contribution is -1.88. The molecule has 0 aliphatic rings. The van der Waals surface area contributed by atoms with E-state index in [1.54, 1.807) is 6.26 Å². The quantitative estimate of drug-likeness (QED) is 0.691. The highest BCUT2D eigenvalue weighted by Crippen LogP contribution is 2.27. The molecule has 0 radical (unpaired) electrons. The van der Waals surface area contributed by atoms with Gasteiger partial charge >= 0.3 is 0 Å². The third-order valence-electron chi connectivity index (χ3n) is 1.27. The lowest BCUT2D eigenvalue weighted by atomic mass is 10.6. The van der Waals surface area contributed by atoms with Crippen molar-refractivity contribution in [3.63, 3.8) is 0 Å². The van der Waals surface area contributed by atoms with Crippen LogP contribution in [0.5, 0.6) is 5.19 Å². The van der Waals surface area contributed by atoms with Crippen molar-refractivity contribution in [3.05, 3.63) is 12.3 Å². The smallest absolute Gasteiger partial charge is 0.277 e. The van der Waals surface area contributed by atoms with Gasteiger partial charge in [-0.05, 0) is 13.0 Å². The van der Waals surface area contributed by atoms with Crippen molar-refractivity contribution in [1.29, 1.82) is 0 Å². The van der Waals surface area contributed by atoms with E-state index in [0.29, 0.717) is 17.5 Å². The summed E-state index contributed by atoms with van der Waals surface area (Å²) in [6.07, 6.45) is 1.63. The van der Waals surface area contributed by atoms with Gasteiger partial charge in [0.15, 0.2) is 0 Å². The van der Waals surface area contributed by atoms with Gasteiger partial charge in [0.1, 0.15) is 0 Å². The first-order chi connectivity index (χ1) is 5.40. The summed E-state index contributed by atoms with van der Waals surface area (Å²) in [6, 6.07) is 1.88. The first-order valence-corrected chi connectivity index (χ1v) is 4.18. The van der Waals surface area contributed by atoms with E-state index in [1.807, 2.05) is 13.0 Å². The van der Waals surface area contributed by atoms with Crippen LogP contribution in [0.25, 0.3) is 10.4 Å². The molecule has 58 valence electrons. The SMILES string of the molecule is CCOc1nc2occc2s1. The van der Waals surface area contributed by atoms with Gasteiger partial charge in [0.25, 0.3) is 5.19 Å². The largest absolute Gasteiger partial charge is 0.470 e. The van der Waals surface area contributed by atoms with Gasteiger partial charge in [0.05, 0.1) is 17.6 Å². The Hall–Kier alpha value is -1.03. The predicted molar refractivity (Wildman–Crippen MR) is 43.1 cm³/mol. The average Bonchev–Trinajstić information content (AvgIpc) is 2.46. The van der Waals surface area contributed by atoms with E-state index in [0.717, 1.165) is 4.70 Å². The van der Waals surface area contributed by atoms with Gasteiger partial charge in [0, 0.05) is 0 Å². The van der Waals surface area contributed by atoms with E-state index in [4.69, 9.17) is 9.15 Å². The number of ether oxygens (including phenoxy) is 1. The zero-order valence-corrected chi connectivity index (χ0v) is 6.85. The average molecular weight is 169 g/mol. The van der Waals surface area contributed by atoms with Crippen molar-refractivity contribution >= 4 is 21.8 Å². The second-order valence-electron chi connectivity index (χ2n) is 2.00. The molecule has 2 heterocycles. The molecule has 0 bridgehead atoms. The van der Waals surface area contributed by atoms with Crippen LogP contribution in [0.15, 0.2) is 16.7 Å². The summed E-state index contributed by atoms with van der Waals surface area (Å²) in [7, 11) is 0. The molecule has 0 fully saturated rings. The molecule has 2 aromatic rings. The maximum atomic E-state index is 5.20. The molecule has 0 aliphatic carbocycles. The molecule has 0 aromatic carbocycles. The molecule has 4 heteroatoms. The first kappa shape index (κ1) is 6.67. The minimum Gasteiger partial charge on any atom is -0.470 e. The van der Waals surface area contributed by atoms with Gasteiger partial charge in [0.2, 0.25) is 5.71 Å². The molecule has 11 heavy (non-hydrogen) atoms. The summed E-state index contributed by atoms with van der Waals surface area (Å²) in [5, 5.41) is 0.682. The van der Waals surface area contributed by atoms with Gasteiger partial charge < -0.3 is 9.15 Å². The number of hydrogen-bond acceptors (Lipinski definition) is 4. The monoisotopic (exact) mass is 169 g/mol. The van der Waals surface area contributed by atoms with E-state index < -0.39 is 0 Å². The first-order valence-electron chi connectivity index (χ1n) is 3.37. The lowest BCUT2D eigenvalue weighted by molar-refractivity contribution is 0.338. The van der Waals surface area contributed by atoms with Crippen LogP contribution in [0.3, 0.4) is 0 Å². The fraction of sp³-hybridized carbons (Fsp3) is 0.286. The molecule has 0 spiro atoms. The Kier molecular flexibility index (Phi) is 1.54. The third-order valence-corrected chi connectivity index (χ3v) is 2.18. The fourth-order valence-corrected chi connectivity index (χ4v) is 1.63. The van der Waals surface area contributed by atoms with Crippen LogP contribution in [-0.2, 0) is 0 Å². The molecular weight excluding hydrogens is 162 g/mol. The summed E-state index contributed by atoms with van der Waals surface area (Å²) in [6.45, 7) is 2.58. The minimum atomic E-state index is 0.649. The van der Waals surface area contributed by atoms with E-state index in [-0.39, 0.29) is 0 Å². The molecular formula is C7H7NO2S. The van der Waals surface area contributed by atoms with Gasteiger partial charge in [-0.25, -0.2) is 0 Å². The molecule has 0 unspecified atom stereocenters. The number of aromatic nitrogens is 1. The normalized spacial score (nSPS) is 10.6. The van der Waals surface area contributed by atoms with Crippen molar-refractivity contribution in [2.75, 3.05) is 6.61 Å². The van der Waals surface area contributed by atoms with Gasteiger partial charge in [-0.3, -0.25) is 0 Å². The number of furan rings is 1. The molecule has 0 aliphatic heterocycles. The van der Waals surface area contributed by atoms with Crippen molar-refractivity contribution in [2.45, 2.75) is 6.92 Å². The number of rotatable bonds is 2. The molecule has 0 saturated heterocycles. The summed E-state index contributed by atoms with van der Waals surface area (Å²) >= 11 is 1.50. The van der Waals surface area contributed by atoms with E-state index in [1.165, 1.54) is 11.3 Å². The summed E-state index contributed by atoms with van der Waals surface area (Å²) < 4.78 is 11.3. The lowest BCUT2D eigenvalue weighted by Gasteiger charge is -1.92. The van der Waals surface area contributed by atoms with Gasteiger partial charge in [-0.15, -0.1) is 0 Å². The van der Waals surface area contributed by atoms with Crippen molar-refractivity contribution < 1.29 is 9.15 Å². The van der Waals surface area contributed by atoms with Crippen molar-refractivity contribution in [1.82, 2.24) is 4.98 Å². The topological polar surface area (TPSA) is 35.3 Å². The standard InChI is InChI=1S/C7H7NO2S/c1-2-9-7-8-6-5(11-7)3-4-10-6/h3-4H,2H2,1H3. The van der Waals surface area contributed by atoms with Crippen LogP contribution >= 0.6 is 11.3 Å². The van der Waals surface area contributed by atoms with Crippen molar-refractivity contribution in [2.24, 2.45) is 0 Å². The molecule has 0 saturated carbocycles. The fourth-order valence-electron chi connectivity index (χ4n) is 0.834. The molecule has 0 atom stereocenters. The molecule has 3 nitrogen and oxygen atoms in total. The van der Waals surface area contributed by atoms with Crippen LogP contribution in [0.2, 0.25) is 0 Å². The van der Waals surface area contributed by atoms with Crippen LogP contribution in [0.4, 0.5) is 0 Å². The van der Waals surface area contributed by atoms with Gasteiger partial charge in [-0.1, -0.05) is 11.3 Å². The van der Waals surface area contributed by atoms with Crippen LogP contribution in [0, 0.1) is 0 Å². The zero-order chi connectivity index (χ0) is 7.68. The van der Waals surface area contributed by atoms with Crippen LogP contribution < -0.4 is 4.74 Å². The molecule has 2 rings (SSSR count). The molecule has 2 aromatic heterocycles. The highest BCUT2D eigenvalue weighted by Gasteiger charge is 2.05. The Morgan fingerprint density at radius 2 is 2.64 bits per heavy atom. The Balaban J connectivity index is 2.42. The van der Waals surface area contributed by atoms with Crippen molar-refractivity contribution in [3.8, 4) is 5.19 Å². The Morgan fingerprint density at radius 1 is 1.73 bits per heavy atom. The molecule has 0 N–H and O–H groups in total. The summed E-state index contributed by atoms with van der Waals surface area (Å²) in [4.78, 5) is 4.09. The van der Waals surface area contributed by atoms with E-state index in [2.05, 4.69) is 4.98 Å². The number of nitrogens with zero attached hydrogens (tertiary/aromatic N) is 1. The highest BCUT2D eigenvalue weighted by atomic mass is 32.1. The highest BCUT2D eigenvalue weighted by molar-refractivity contribution is 7.20. The molecule has 0 amide bonds. The number of hydrogen-bond donors (Lipinski definition) is 0. The number of fused-ring (bicyclic) bond motifs is 1. The second-order valence-corrected chi connectivity index (χ2v) is 3.00. The van der Waals surface area contributed by atoms with E-state index >= 15 is 0 Å². The van der Waals surface area contributed by atoms with E-state index in [9.17, 15) is 0 Å². The minimum absolute atomic E-state index is 0.649. The third kappa shape index (κ3) is 1.09. The maximum Gasteiger partial charge on any atom is 0.277 e. The Labute approximate surface area is 67.6 Å². The summed E-state index contributed by atoms with van der Waals surface area (Å²) in [5.74, 6) is 0. The second kappa shape index (κ2) is 2.54. The summed E-state index contributed by atoms with van der Waals surface area (Å²) in [5.41, 5.74) is 0.665. The maximum absolute atomic E-state index is 5.20. The predicted octanol–water partition coefficient (Wildman–Crippen LogP) is 2.29. The Morgan fingerprint density at radius 3 is 3.36 bits per heavy atom. The van der Waals surface area contributed by atoms with Crippen LogP contribution in [0.1, 0.15) is 6.92 Å². The number of thiazole rings is 1. The van der Waals surface area contributed by atoms with Gasteiger partial charge in [-0.2, -0.15) is 4.98 Å². The Bertz CT molecular complexity index is 323. The zero-order valence-electron chi connectivity index (χ0n) is 6.03.